The van der Waals surface area contributed by atoms with Crippen molar-refractivity contribution in [2.75, 3.05) is 0 Å². The van der Waals surface area contributed by atoms with Crippen molar-refractivity contribution in [1.82, 2.24) is 0 Å². The molecule has 4 fully saturated rings. The molecule has 9 atom stereocenters. The largest absolute Gasteiger partial charge is 0.393 e. The zero-order valence-corrected chi connectivity index (χ0v) is 20.7. The molecular weight excluding hydrogens is 392 g/mol. The molecule has 0 spiro atoms. The molecule has 0 aromatic heterocycles. The van der Waals surface area contributed by atoms with Crippen LogP contribution in [0.4, 0.5) is 0 Å². The second-order valence-corrected chi connectivity index (χ2v) is 13.2. The molecule has 2 nitrogen and oxygen atoms in total. The van der Waals surface area contributed by atoms with E-state index in [2.05, 4.69) is 33.8 Å². The average molecular weight is 445 g/mol. The number of allylic oxidation sites excluding steroid dienone is 1. The van der Waals surface area contributed by atoms with Crippen LogP contribution in [0, 0.1) is 46.3 Å². The first-order valence-electron chi connectivity index (χ1n) is 13.8. The Balaban J connectivity index is 0.00000245. The minimum Gasteiger partial charge on any atom is -0.393 e. The maximum Gasteiger partial charge on any atom is 0.0682 e. The van der Waals surface area contributed by atoms with Gasteiger partial charge in [0.2, 0.25) is 0 Å². The fraction of sp³-hybridized carbons (Fsp3) is 0.933. The molecule has 2 heteroatoms. The average Bonchev–Trinajstić information content (AvgIpc) is 3.52. The minimum absolute atomic E-state index is 0. The van der Waals surface area contributed by atoms with E-state index >= 15 is 0 Å². The number of rotatable bonds is 6. The molecule has 0 heterocycles. The first kappa shape index (κ1) is 24.8. The Morgan fingerprint density at radius 1 is 1.03 bits per heavy atom. The van der Waals surface area contributed by atoms with E-state index in [0.717, 1.165) is 49.4 Å². The molecule has 5 aliphatic rings. The first-order chi connectivity index (χ1) is 14.7. The van der Waals surface area contributed by atoms with Crippen molar-refractivity contribution in [2.24, 2.45) is 46.3 Å². The summed E-state index contributed by atoms with van der Waals surface area (Å²) in [5, 5.41) is 22.0. The Hall–Kier alpha value is -0.340. The van der Waals surface area contributed by atoms with E-state index in [1.54, 1.807) is 5.57 Å². The van der Waals surface area contributed by atoms with Gasteiger partial charge >= 0.3 is 0 Å². The molecular formula is C30H52O2. The van der Waals surface area contributed by atoms with E-state index in [4.69, 9.17) is 0 Å². The quantitative estimate of drug-likeness (QED) is 0.416. The number of hydrogen-bond donors (Lipinski definition) is 2. The molecule has 2 N–H and O–H groups in total. The van der Waals surface area contributed by atoms with Crippen LogP contribution in [0.2, 0.25) is 0 Å². The van der Waals surface area contributed by atoms with Crippen molar-refractivity contribution in [3.63, 3.8) is 0 Å². The second-order valence-electron chi connectivity index (χ2n) is 13.2. The van der Waals surface area contributed by atoms with Crippen molar-refractivity contribution in [3.05, 3.63) is 11.6 Å². The van der Waals surface area contributed by atoms with Crippen molar-refractivity contribution in [3.8, 4) is 0 Å². The Labute approximate surface area is 198 Å². The lowest BCUT2D eigenvalue weighted by Crippen LogP contribution is -2.52. The molecule has 0 amide bonds. The van der Waals surface area contributed by atoms with Gasteiger partial charge in [-0.25, -0.2) is 0 Å². The van der Waals surface area contributed by atoms with Crippen LogP contribution in [0.1, 0.15) is 119 Å². The van der Waals surface area contributed by atoms with Gasteiger partial charge < -0.3 is 10.2 Å². The maximum absolute atomic E-state index is 11.0. The zero-order chi connectivity index (χ0) is 22.0. The number of aliphatic hydroxyl groups is 2. The summed E-state index contributed by atoms with van der Waals surface area (Å²) in [7, 11) is 0. The summed E-state index contributed by atoms with van der Waals surface area (Å²) < 4.78 is 0. The molecule has 0 unspecified atom stereocenters. The SMILES string of the molecule is C.CC[C@]1(O)CC[C@@]2(C)C(=CC[C@H]3[C@@H]4CC[C@H]([C@H](C)[C@H](O)CCC5CC5)[C@@]4(C)CC[C@@H]32)C1. The zero-order valence-electron chi connectivity index (χ0n) is 20.7. The summed E-state index contributed by atoms with van der Waals surface area (Å²) in [6.07, 6.45) is 18.2. The molecule has 5 aliphatic carbocycles. The fourth-order valence-corrected chi connectivity index (χ4v) is 9.26. The van der Waals surface area contributed by atoms with Gasteiger partial charge in [-0.2, -0.15) is 0 Å². The van der Waals surface area contributed by atoms with Crippen LogP contribution in [0.5, 0.6) is 0 Å². The smallest absolute Gasteiger partial charge is 0.0682 e. The Morgan fingerprint density at radius 2 is 1.78 bits per heavy atom. The van der Waals surface area contributed by atoms with Gasteiger partial charge in [-0.05, 0) is 117 Å². The molecule has 0 aliphatic heterocycles. The third-order valence-corrected chi connectivity index (χ3v) is 11.8. The summed E-state index contributed by atoms with van der Waals surface area (Å²) in [5.41, 5.74) is 1.87. The van der Waals surface area contributed by atoms with Gasteiger partial charge in [0.25, 0.3) is 0 Å². The first-order valence-corrected chi connectivity index (χ1v) is 13.8. The van der Waals surface area contributed by atoms with E-state index in [1.807, 2.05) is 0 Å². The van der Waals surface area contributed by atoms with Crippen LogP contribution in [-0.2, 0) is 0 Å². The van der Waals surface area contributed by atoms with Crippen LogP contribution in [0.25, 0.3) is 0 Å². The fourth-order valence-electron chi connectivity index (χ4n) is 9.26. The van der Waals surface area contributed by atoms with Gasteiger partial charge in [0.05, 0.1) is 11.7 Å². The van der Waals surface area contributed by atoms with Gasteiger partial charge in [-0.15, -0.1) is 0 Å². The van der Waals surface area contributed by atoms with E-state index in [0.29, 0.717) is 22.7 Å². The van der Waals surface area contributed by atoms with Crippen molar-refractivity contribution < 1.29 is 10.2 Å². The lowest BCUT2D eigenvalue weighted by molar-refractivity contribution is -0.0817. The molecule has 32 heavy (non-hydrogen) atoms. The summed E-state index contributed by atoms with van der Waals surface area (Å²) in [4.78, 5) is 0. The van der Waals surface area contributed by atoms with E-state index in [1.165, 1.54) is 57.8 Å². The van der Waals surface area contributed by atoms with E-state index in [9.17, 15) is 10.2 Å². The van der Waals surface area contributed by atoms with Gasteiger partial charge in [0.15, 0.2) is 0 Å². The second kappa shape index (κ2) is 8.71. The Morgan fingerprint density at radius 3 is 2.47 bits per heavy atom. The molecule has 5 rings (SSSR count). The molecule has 0 aromatic rings. The maximum atomic E-state index is 11.0. The summed E-state index contributed by atoms with van der Waals surface area (Å²) in [5.74, 6) is 4.53. The highest BCUT2D eigenvalue weighted by molar-refractivity contribution is 5.27. The van der Waals surface area contributed by atoms with Gasteiger partial charge in [0, 0.05) is 0 Å². The predicted molar refractivity (Wildman–Crippen MR) is 134 cm³/mol. The highest BCUT2D eigenvalue weighted by atomic mass is 16.3. The number of aliphatic hydroxyl groups excluding tert-OH is 1. The van der Waals surface area contributed by atoms with Gasteiger partial charge in [-0.3, -0.25) is 0 Å². The van der Waals surface area contributed by atoms with Crippen LogP contribution in [0.3, 0.4) is 0 Å². The minimum atomic E-state index is -0.453. The predicted octanol–water partition coefficient (Wildman–Crippen LogP) is 7.53. The molecule has 0 saturated heterocycles. The van der Waals surface area contributed by atoms with Crippen molar-refractivity contribution in [1.29, 1.82) is 0 Å². The third kappa shape index (κ3) is 3.94. The van der Waals surface area contributed by atoms with Crippen LogP contribution < -0.4 is 0 Å². The lowest BCUT2D eigenvalue weighted by atomic mass is 9.46. The van der Waals surface area contributed by atoms with Gasteiger partial charge in [0.1, 0.15) is 0 Å². The molecule has 4 saturated carbocycles. The Bertz CT molecular complexity index is 710. The topological polar surface area (TPSA) is 40.5 Å². The van der Waals surface area contributed by atoms with Crippen LogP contribution >= 0.6 is 0 Å². The monoisotopic (exact) mass is 444 g/mol. The van der Waals surface area contributed by atoms with Gasteiger partial charge in [-0.1, -0.05) is 59.6 Å². The summed E-state index contributed by atoms with van der Waals surface area (Å²) in [6.45, 7) is 9.67. The molecule has 184 valence electrons. The van der Waals surface area contributed by atoms with Crippen molar-refractivity contribution >= 4 is 0 Å². The number of hydrogen-bond acceptors (Lipinski definition) is 2. The van der Waals surface area contributed by atoms with E-state index in [-0.39, 0.29) is 13.5 Å². The molecule has 0 aromatic carbocycles. The summed E-state index contributed by atoms with van der Waals surface area (Å²) >= 11 is 0. The van der Waals surface area contributed by atoms with Crippen molar-refractivity contribution in [2.45, 2.75) is 130 Å². The normalized spacial score (nSPS) is 47.4. The number of fused-ring (bicyclic) bond motifs is 5. The highest BCUT2D eigenvalue weighted by Crippen LogP contribution is 2.67. The standard InChI is InChI=1S/C29H48O2.CH4/c1-5-29(31)17-16-27(3)21(18-29)9-10-22-24-12-11-23(28(24,4)15-14-25(22)27)19(2)26(30)13-8-20-6-7-20;/h9,19-20,22-26,30-31H,5-8,10-18H2,1-4H3;1H4/t19-,22-,23+,24-,25-,26+,27-,28+,29-;/m0./s1. The highest BCUT2D eigenvalue weighted by Gasteiger charge is 2.60. The lowest BCUT2D eigenvalue weighted by Gasteiger charge is -2.59. The third-order valence-electron chi connectivity index (χ3n) is 11.8. The Kier molecular flexibility index (Phi) is 6.74. The van der Waals surface area contributed by atoms with Crippen LogP contribution in [0.15, 0.2) is 11.6 Å². The van der Waals surface area contributed by atoms with Crippen LogP contribution in [-0.4, -0.2) is 21.9 Å². The van der Waals surface area contributed by atoms with E-state index < -0.39 is 5.60 Å². The molecule has 0 radical (unpaired) electrons. The summed E-state index contributed by atoms with van der Waals surface area (Å²) in [6, 6.07) is 0. The molecule has 0 bridgehead atoms.